The van der Waals surface area contributed by atoms with E-state index in [0.29, 0.717) is 18.1 Å². The van der Waals surface area contributed by atoms with E-state index >= 15 is 0 Å². The van der Waals surface area contributed by atoms with Crippen LogP contribution in [0.1, 0.15) is 29.0 Å². The third-order valence-corrected chi connectivity index (χ3v) is 4.43. The maximum absolute atomic E-state index is 9.63. The fourth-order valence-electron chi connectivity index (χ4n) is 3.00. The molecule has 6 nitrogen and oxygen atoms in total. The molecule has 130 valence electrons. The van der Waals surface area contributed by atoms with Crippen LogP contribution in [0.15, 0.2) is 22.7 Å². The van der Waals surface area contributed by atoms with Crippen molar-refractivity contribution in [2.75, 3.05) is 20.2 Å². The Hall–Kier alpha value is -2.05. The number of nitrogens with zero attached hydrogens (tertiary/aromatic N) is 2. The molecule has 0 saturated carbocycles. The SMILES string of the molecule is COc1cc(CN2CC[C@H](O)C2)ccc1OCc1c(C)noc1C. The van der Waals surface area contributed by atoms with Gasteiger partial charge in [-0.2, -0.15) is 0 Å². The number of rotatable bonds is 6. The molecule has 1 aliphatic rings. The number of aromatic nitrogens is 1. The van der Waals surface area contributed by atoms with Crippen molar-refractivity contribution in [3.8, 4) is 11.5 Å². The molecular formula is C18H24N2O4. The summed E-state index contributed by atoms with van der Waals surface area (Å²) in [5.74, 6) is 2.18. The summed E-state index contributed by atoms with van der Waals surface area (Å²) >= 11 is 0. The number of β-amino-alcohol motifs (C(OH)–C–C–N with tert-alkyl or cyclic N) is 1. The molecule has 0 amide bonds. The average Bonchev–Trinajstić information content (AvgIpc) is 3.12. The second-order valence-electron chi connectivity index (χ2n) is 6.25. The number of likely N-dealkylation sites (tertiary alicyclic amines) is 1. The van der Waals surface area contributed by atoms with Gasteiger partial charge in [-0.15, -0.1) is 0 Å². The van der Waals surface area contributed by atoms with Crippen molar-refractivity contribution >= 4 is 0 Å². The smallest absolute Gasteiger partial charge is 0.161 e. The van der Waals surface area contributed by atoms with Gasteiger partial charge in [0, 0.05) is 19.6 Å². The molecule has 3 rings (SSSR count). The molecule has 0 aliphatic carbocycles. The molecule has 1 aromatic carbocycles. The maximum Gasteiger partial charge on any atom is 0.161 e. The van der Waals surface area contributed by atoms with Gasteiger partial charge in [0.05, 0.1) is 24.5 Å². The Kier molecular flexibility index (Phi) is 5.06. The topological polar surface area (TPSA) is 68.0 Å². The van der Waals surface area contributed by atoms with Crippen molar-refractivity contribution < 1.29 is 19.1 Å². The molecule has 1 saturated heterocycles. The summed E-state index contributed by atoms with van der Waals surface area (Å²) in [5, 5.41) is 13.6. The van der Waals surface area contributed by atoms with E-state index in [9.17, 15) is 5.11 Å². The Morgan fingerprint density at radius 1 is 1.33 bits per heavy atom. The molecule has 1 aromatic heterocycles. The van der Waals surface area contributed by atoms with E-state index in [0.717, 1.165) is 48.6 Å². The number of aliphatic hydroxyl groups excluding tert-OH is 1. The van der Waals surface area contributed by atoms with Crippen LogP contribution >= 0.6 is 0 Å². The van der Waals surface area contributed by atoms with Crippen LogP contribution in [0.2, 0.25) is 0 Å². The van der Waals surface area contributed by atoms with Crippen LogP contribution in [0, 0.1) is 13.8 Å². The summed E-state index contributed by atoms with van der Waals surface area (Å²) in [6.45, 7) is 6.64. The number of hydrogen-bond donors (Lipinski definition) is 1. The van der Waals surface area contributed by atoms with E-state index in [1.165, 1.54) is 0 Å². The van der Waals surface area contributed by atoms with Crippen LogP contribution in [0.3, 0.4) is 0 Å². The quantitative estimate of drug-likeness (QED) is 0.876. The number of ether oxygens (including phenoxy) is 2. The first kappa shape index (κ1) is 16.8. The van der Waals surface area contributed by atoms with E-state index in [1.807, 2.05) is 32.0 Å². The highest BCUT2D eigenvalue weighted by molar-refractivity contribution is 5.43. The first-order chi connectivity index (χ1) is 11.6. The van der Waals surface area contributed by atoms with Crippen LogP contribution in [0.25, 0.3) is 0 Å². The Morgan fingerprint density at radius 2 is 2.17 bits per heavy atom. The zero-order valence-electron chi connectivity index (χ0n) is 14.4. The van der Waals surface area contributed by atoms with Gasteiger partial charge < -0.3 is 19.1 Å². The lowest BCUT2D eigenvalue weighted by Gasteiger charge is -2.17. The summed E-state index contributed by atoms with van der Waals surface area (Å²) in [6, 6.07) is 5.96. The van der Waals surface area contributed by atoms with Crippen molar-refractivity contribution in [2.24, 2.45) is 0 Å². The molecule has 0 spiro atoms. The largest absolute Gasteiger partial charge is 0.493 e. The first-order valence-electron chi connectivity index (χ1n) is 8.18. The summed E-state index contributed by atoms with van der Waals surface area (Å²) in [7, 11) is 1.64. The summed E-state index contributed by atoms with van der Waals surface area (Å²) in [6.07, 6.45) is 0.639. The van der Waals surface area contributed by atoms with Gasteiger partial charge in [0.15, 0.2) is 11.5 Å². The fourth-order valence-corrected chi connectivity index (χ4v) is 3.00. The zero-order valence-corrected chi connectivity index (χ0v) is 14.4. The molecule has 2 heterocycles. The molecule has 1 N–H and O–H groups in total. The highest BCUT2D eigenvalue weighted by Gasteiger charge is 2.20. The molecule has 1 atom stereocenters. The van der Waals surface area contributed by atoms with Crippen LogP contribution in [-0.2, 0) is 13.2 Å². The van der Waals surface area contributed by atoms with Gasteiger partial charge in [-0.05, 0) is 38.0 Å². The van der Waals surface area contributed by atoms with Crippen molar-refractivity contribution in [2.45, 2.75) is 39.5 Å². The summed E-state index contributed by atoms with van der Waals surface area (Å²) < 4.78 is 16.5. The molecule has 2 aromatic rings. The van der Waals surface area contributed by atoms with E-state index in [1.54, 1.807) is 7.11 Å². The predicted molar refractivity (Wildman–Crippen MR) is 89.2 cm³/mol. The second-order valence-corrected chi connectivity index (χ2v) is 6.25. The third kappa shape index (κ3) is 3.71. The van der Waals surface area contributed by atoms with Gasteiger partial charge in [0.1, 0.15) is 12.4 Å². The molecule has 0 bridgehead atoms. The Morgan fingerprint density at radius 3 is 2.79 bits per heavy atom. The molecule has 0 radical (unpaired) electrons. The minimum atomic E-state index is -0.204. The van der Waals surface area contributed by atoms with Crippen LogP contribution in [0.4, 0.5) is 0 Å². The average molecular weight is 332 g/mol. The maximum atomic E-state index is 9.63. The van der Waals surface area contributed by atoms with Crippen molar-refractivity contribution in [1.82, 2.24) is 10.1 Å². The minimum absolute atomic E-state index is 0.204. The zero-order chi connectivity index (χ0) is 17.1. The van der Waals surface area contributed by atoms with Gasteiger partial charge in [0.25, 0.3) is 0 Å². The Labute approximate surface area is 142 Å². The number of methoxy groups -OCH3 is 1. The number of aliphatic hydroxyl groups is 1. The van der Waals surface area contributed by atoms with Gasteiger partial charge in [0.2, 0.25) is 0 Å². The highest BCUT2D eigenvalue weighted by Crippen LogP contribution is 2.30. The lowest BCUT2D eigenvalue weighted by molar-refractivity contribution is 0.174. The Balaban J connectivity index is 1.67. The van der Waals surface area contributed by atoms with E-state index < -0.39 is 0 Å². The number of benzene rings is 1. The van der Waals surface area contributed by atoms with E-state index in [4.69, 9.17) is 14.0 Å². The Bertz CT molecular complexity index is 679. The fraction of sp³-hybridized carbons (Fsp3) is 0.500. The first-order valence-corrected chi connectivity index (χ1v) is 8.18. The number of aryl methyl sites for hydroxylation is 2. The van der Waals surface area contributed by atoms with Crippen LogP contribution < -0.4 is 9.47 Å². The standard InChI is InChI=1S/C18H24N2O4/c1-12-16(13(2)24-19-12)11-23-17-5-4-14(8-18(17)22-3)9-20-7-6-15(21)10-20/h4-5,8,15,21H,6-7,9-11H2,1-3H3/t15-/m0/s1. The van der Waals surface area contributed by atoms with Gasteiger partial charge in [-0.1, -0.05) is 11.2 Å². The monoisotopic (exact) mass is 332 g/mol. The third-order valence-electron chi connectivity index (χ3n) is 4.43. The van der Waals surface area contributed by atoms with E-state index in [2.05, 4.69) is 10.1 Å². The predicted octanol–water partition coefficient (Wildman–Crippen LogP) is 2.45. The lowest BCUT2D eigenvalue weighted by atomic mass is 10.2. The van der Waals surface area contributed by atoms with Crippen molar-refractivity contribution in [1.29, 1.82) is 0 Å². The number of hydrogen-bond acceptors (Lipinski definition) is 6. The molecule has 24 heavy (non-hydrogen) atoms. The lowest BCUT2D eigenvalue weighted by Crippen LogP contribution is -2.21. The molecular weight excluding hydrogens is 308 g/mol. The van der Waals surface area contributed by atoms with Crippen molar-refractivity contribution in [3.63, 3.8) is 0 Å². The minimum Gasteiger partial charge on any atom is -0.493 e. The molecule has 1 aliphatic heterocycles. The summed E-state index contributed by atoms with van der Waals surface area (Å²) in [5.41, 5.74) is 2.95. The molecule has 1 fully saturated rings. The van der Waals surface area contributed by atoms with Crippen LogP contribution in [-0.4, -0.2) is 41.5 Å². The second kappa shape index (κ2) is 7.23. The van der Waals surface area contributed by atoms with Gasteiger partial charge >= 0.3 is 0 Å². The van der Waals surface area contributed by atoms with Gasteiger partial charge in [-0.25, -0.2) is 0 Å². The summed E-state index contributed by atoms with van der Waals surface area (Å²) in [4.78, 5) is 2.24. The van der Waals surface area contributed by atoms with Gasteiger partial charge in [-0.3, -0.25) is 4.90 Å². The molecule has 0 unspecified atom stereocenters. The normalized spacial score (nSPS) is 18.1. The van der Waals surface area contributed by atoms with E-state index in [-0.39, 0.29) is 6.10 Å². The highest BCUT2D eigenvalue weighted by atomic mass is 16.5. The van der Waals surface area contributed by atoms with Crippen molar-refractivity contribution in [3.05, 3.63) is 40.8 Å². The molecule has 6 heteroatoms. The van der Waals surface area contributed by atoms with Crippen LogP contribution in [0.5, 0.6) is 11.5 Å².